The Hall–Kier alpha value is -0.910. The van der Waals surface area contributed by atoms with Gasteiger partial charge < -0.3 is 11.1 Å². The quantitative estimate of drug-likeness (QED) is 0.896. The van der Waals surface area contributed by atoms with Gasteiger partial charge in [0.2, 0.25) is 5.91 Å². The molecule has 7 heteroatoms. The van der Waals surface area contributed by atoms with E-state index in [-0.39, 0.29) is 30.7 Å². The van der Waals surface area contributed by atoms with Crippen LogP contribution < -0.4 is 11.1 Å². The molecule has 0 aliphatic carbocycles. The predicted octanol–water partition coefficient (Wildman–Crippen LogP) is 2.38. The molecule has 18 heavy (non-hydrogen) atoms. The fourth-order valence-corrected chi connectivity index (χ4v) is 1.28. The minimum atomic E-state index is -0.563. The molecule has 1 rings (SSSR count). The summed E-state index contributed by atoms with van der Waals surface area (Å²) < 4.78 is 12.6. The van der Waals surface area contributed by atoms with Gasteiger partial charge in [-0.05, 0) is 24.5 Å². The van der Waals surface area contributed by atoms with Crippen molar-refractivity contribution in [3.05, 3.63) is 24.1 Å². The average molecular weight is 298 g/mol. The molecule has 0 radical (unpaired) electrons. The van der Waals surface area contributed by atoms with Crippen LogP contribution in [0.1, 0.15) is 20.3 Å². The van der Waals surface area contributed by atoms with E-state index in [2.05, 4.69) is 10.3 Å². The van der Waals surface area contributed by atoms with Gasteiger partial charge in [-0.3, -0.25) is 4.79 Å². The lowest BCUT2D eigenvalue weighted by Gasteiger charge is -2.13. The molecular formula is C11H18Cl2FN3O. The largest absolute Gasteiger partial charge is 0.320 e. The van der Waals surface area contributed by atoms with E-state index in [0.717, 1.165) is 6.20 Å². The highest BCUT2D eigenvalue weighted by Gasteiger charge is 2.15. The van der Waals surface area contributed by atoms with Crippen LogP contribution >= 0.6 is 24.8 Å². The molecule has 0 aromatic carbocycles. The number of nitrogens with zero attached hydrogens (tertiary/aromatic N) is 1. The summed E-state index contributed by atoms with van der Waals surface area (Å²) in [4.78, 5) is 15.3. The van der Waals surface area contributed by atoms with Crippen LogP contribution in [0.2, 0.25) is 0 Å². The Labute approximate surface area is 118 Å². The first kappa shape index (κ1) is 19.4. The molecule has 0 aliphatic rings. The topological polar surface area (TPSA) is 68.0 Å². The first-order valence-corrected chi connectivity index (χ1v) is 5.17. The van der Waals surface area contributed by atoms with Crippen molar-refractivity contribution < 1.29 is 9.18 Å². The lowest BCUT2D eigenvalue weighted by Crippen LogP contribution is -2.36. The van der Waals surface area contributed by atoms with Gasteiger partial charge in [0.15, 0.2) is 0 Å². The van der Waals surface area contributed by atoms with Crippen LogP contribution in [0.3, 0.4) is 0 Å². The zero-order chi connectivity index (χ0) is 12.1. The molecule has 1 atom stereocenters. The summed E-state index contributed by atoms with van der Waals surface area (Å²) in [5.74, 6) is -0.0789. The highest BCUT2D eigenvalue weighted by atomic mass is 35.5. The van der Waals surface area contributed by atoms with Gasteiger partial charge in [-0.25, -0.2) is 9.37 Å². The molecule has 1 heterocycles. The SMILES string of the molecule is CC(C)C[C@H](N)C(=O)Nc1ccc(F)cn1.Cl.Cl. The van der Waals surface area contributed by atoms with Gasteiger partial charge in [0, 0.05) is 0 Å². The van der Waals surface area contributed by atoms with Crippen LogP contribution in [0, 0.1) is 11.7 Å². The van der Waals surface area contributed by atoms with Crippen LogP contribution in [0.4, 0.5) is 10.2 Å². The maximum atomic E-state index is 12.6. The van der Waals surface area contributed by atoms with Crippen molar-refractivity contribution in [2.75, 3.05) is 5.32 Å². The molecule has 1 aromatic rings. The molecule has 0 fully saturated rings. The maximum absolute atomic E-state index is 12.6. The molecule has 0 aliphatic heterocycles. The van der Waals surface area contributed by atoms with Gasteiger partial charge in [0.05, 0.1) is 12.2 Å². The average Bonchev–Trinajstić information content (AvgIpc) is 2.20. The minimum absolute atomic E-state index is 0. The van der Waals surface area contributed by atoms with Crippen molar-refractivity contribution >= 4 is 36.5 Å². The Morgan fingerprint density at radius 1 is 1.44 bits per heavy atom. The van der Waals surface area contributed by atoms with Crippen LogP contribution in [0.25, 0.3) is 0 Å². The summed E-state index contributed by atoms with van der Waals surface area (Å²) in [6.45, 7) is 3.98. The number of nitrogens with two attached hydrogens (primary N) is 1. The third kappa shape index (κ3) is 6.74. The second-order valence-electron chi connectivity index (χ2n) is 4.09. The molecule has 3 N–H and O–H groups in total. The number of amides is 1. The number of pyridine rings is 1. The Kier molecular flexibility index (Phi) is 9.80. The molecule has 0 saturated carbocycles. The molecule has 4 nitrogen and oxygen atoms in total. The summed E-state index contributed by atoms with van der Waals surface area (Å²) in [7, 11) is 0. The van der Waals surface area contributed by atoms with Crippen LogP contribution in [0.5, 0.6) is 0 Å². The molecule has 0 bridgehead atoms. The highest BCUT2D eigenvalue weighted by molar-refractivity contribution is 5.93. The first-order chi connectivity index (χ1) is 7.49. The number of nitrogens with one attached hydrogen (secondary N) is 1. The number of halogens is 3. The lowest BCUT2D eigenvalue weighted by atomic mass is 10.0. The number of carbonyl (C=O) groups excluding carboxylic acids is 1. The summed E-state index contributed by atoms with van der Waals surface area (Å²) >= 11 is 0. The van der Waals surface area contributed by atoms with Gasteiger partial charge in [0.1, 0.15) is 11.6 Å². The molecular weight excluding hydrogens is 280 g/mol. The van der Waals surface area contributed by atoms with E-state index in [1.165, 1.54) is 12.1 Å². The van der Waals surface area contributed by atoms with Crippen LogP contribution in [-0.2, 0) is 4.79 Å². The summed E-state index contributed by atoms with van der Waals surface area (Å²) in [6.07, 6.45) is 1.65. The highest BCUT2D eigenvalue weighted by Crippen LogP contribution is 2.07. The molecule has 1 aromatic heterocycles. The van der Waals surface area contributed by atoms with Gasteiger partial charge in [-0.2, -0.15) is 0 Å². The van der Waals surface area contributed by atoms with E-state index in [9.17, 15) is 9.18 Å². The number of hydrogen-bond acceptors (Lipinski definition) is 3. The Morgan fingerprint density at radius 2 is 2.06 bits per heavy atom. The maximum Gasteiger partial charge on any atom is 0.242 e. The number of carbonyl (C=O) groups is 1. The van der Waals surface area contributed by atoms with Gasteiger partial charge >= 0.3 is 0 Å². The van der Waals surface area contributed by atoms with Crippen LogP contribution in [-0.4, -0.2) is 16.9 Å². The third-order valence-electron chi connectivity index (χ3n) is 2.04. The van der Waals surface area contributed by atoms with Crippen LogP contribution in [0.15, 0.2) is 18.3 Å². The summed E-state index contributed by atoms with van der Waals surface area (Å²) in [6, 6.07) is 2.07. The Bertz CT molecular complexity index is 360. The molecule has 104 valence electrons. The zero-order valence-corrected chi connectivity index (χ0v) is 11.9. The summed E-state index contributed by atoms with van der Waals surface area (Å²) in [5, 5.41) is 2.53. The monoisotopic (exact) mass is 297 g/mol. The molecule has 0 unspecified atom stereocenters. The van der Waals surface area contributed by atoms with E-state index in [0.29, 0.717) is 18.2 Å². The standard InChI is InChI=1S/C11H16FN3O.2ClH/c1-7(2)5-9(13)11(16)15-10-4-3-8(12)6-14-10;;/h3-4,6-7,9H,5,13H2,1-2H3,(H,14,15,16);2*1H/t9-;;/m0../s1. The normalized spacial score (nSPS) is 11.2. The van der Waals surface area contributed by atoms with E-state index >= 15 is 0 Å². The zero-order valence-electron chi connectivity index (χ0n) is 10.2. The number of rotatable bonds is 4. The van der Waals surface area contributed by atoms with Gasteiger partial charge in [0.25, 0.3) is 0 Å². The smallest absolute Gasteiger partial charge is 0.242 e. The van der Waals surface area contributed by atoms with Crippen molar-refractivity contribution in [1.29, 1.82) is 0 Å². The van der Waals surface area contributed by atoms with E-state index in [1.807, 2.05) is 13.8 Å². The second kappa shape index (κ2) is 9.08. The van der Waals surface area contributed by atoms with E-state index < -0.39 is 11.9 Å². The minimum Gasteiger partial charge on any atom is -0.320 e. The van der Waals surface area contributed by atoms with Gasteiger partial charge in [-0.1, -0.05) is 13.8 Å². The molecule has 1 amide bonds. The van der Waals surface area contributed by atoms with Crippen molar-refractivity contribution in [1.82, 2.24) is 4.98 Å². The molecule has 0 saturated heterocycles. The van der Waals surface area contributed by atoms with Crippen molar-refractivity contribution in [3.63, 3.8) is 0 Å². The lowest BCUT2D eigenvalue weighted by molar-refractivity contribution is -0.117. The first-order valence-electron chi connectivity index (χ1n) is 5.17. The predicted molar refractivity (Wildman–Crippen MR) is 74.8 cm³/mol. The summed E-state index contributed by atoms with van der Waals surface area (Å²) in [5.41, 5.74) is 5.68. The van der Waals surface area contributed by atoms with Crippen molar-refractivity contribution in [2.24, 2.45) is 11.7 Å². The number of aromatic nitrogens is 1. The molecule has 0 spiro atoms. The second-order valence-corrected chi connectivity index (χ2v) is 4.09. The van der Waals surface area contributed by atoms with E-state index in [4.69, 9.17) is 5.73 Å². The van der Waals surface area contributed by atoms with Gasteiger partial charge in [-0.15, -0.1) is 24.8 Å². The number of anilines is 1. The Balaban J connectivity index is 0. The van der Waals surface area contributed by atoms with E-state index in [1.54, 1.807) is 0 Å². The van der Waals surface area contributed by atoms with Crippen molar-refractivity contribution in [2.45, 2.75) is 26.3 Å². The fourth-order valence-electron chi connectivity index (χ4n) is 1.28. The Morgan fingerprint density at radius 3 is 2.50 bits per heavy atom. The van der Waals surface area contributed by atoms with Crippen molar-refractivity contribution in [3.8, 4) is 0 Å². The third-order valence-corrected chi connectivity index (χ3v) is 2.04. The fraction of sp³-hybridized carbons (Fsp3) is 0.455. The number of hydrogen-bond donors (Lipinski definition) is 2.